The first-order valence-electron chi connectivity index (χ1n) is 9.55. The van der Waals surface area contributed by atoms with E-state index in [4.69, 9.17) is 0 Å². The smallest absolute Gasteiger partial charge is 0.243 e. The van der Waals surface area contributed by atoms with Gasteiger partial charge in [-0.2, -0.15) is 0 Å². The summed E-state index contributed by atoms with van der Waals surface area (Å²) in [6, 6.07) is 11.4. The van der Waals surface area contributed by atoms with E-state index in [2.05, 4.69) is 5.32 Å². The molecule has 2 unspecified atom stereocenters. The number of amides is 2. The van der Waals surface area contributed by atoms with E-state index in [0.29, 0.717) is 12.0 Å². The van der Waals surface area contributed by atoms with Crippen molar-refractivity contribution in [2.75, 3.05) is 5.75 Å². The minimum Gasteiger partial charge on any atom is -0.350 e. The Morgan fingerprint density at radius 1 is 1.17 bits per heavy atom. The molecule has 1 N–H and O–H groups in total. The highest BCUT2D eigenvalue weighted by molar-refractivity contribution is 8.00. The molecule has 7 heteroatoms. The van der Waals surface area contributed by atoms with Gasteiger partial charge in [-0.25, -0.2) is 8.78 Å². The zero-order chi connectivity index (χ0) is 21.0. The first kappa shape index (κ1) is 21.3. The van der Waals surface area contributed by atoms with Gasteiger partial charge in [0, 0.05) is 6.54 Å². The fraction of sp³-hybridized carbons (Fsp3) is 0.364. The molecule has 1 saturated heterocycles. The summed E-state index contributed by atoms with van der Waals surface area (Å²) in [7, 11) is 0. The summed E-state index contributed by atoms with van der Waals surface area (Å²) in [5.41, 5.74) is 1.44. The summed E-state index contributed by atoms with van der Waals surface area (Å²) in [6.07, 6.45) is 0.493. The molecule has 0 saturated carbocycles. The molecule has 2 amide bonds. The van der Waals surface area contributed by atoms with Crippen LogP contribution >= 0.6 is 11.8 Å². The minimum absolute atomic E-state index is 0.133. The van der Waals surface area contributed by atoms with Crippen molar-refractivity contribution in [3.63, 3.8) is 0 Å². The first-order chi connectivity index (χ1) is 13.8. The Bertz CT molecular complexity index is 873. The number of hydrogen-bond acceptors (Lipinski definition) is 3. The molecule has 1 aliphatic rings. The van der Waals surface area contributed by atoms with Gasteiger partial charge in [-0.3, -0.25) is 9.59 Å². The van der Waals surface area contributed by atoms with Crippen molar-refractivity contribution in [3.8, 4) is 0 Å². The SMILES string of the molecule is CC(C)CC(C(=O)NCc1ccc(F)cc1)N1C(=O)CSC1c1cccc(F)c1. The van der Waals surface area contributed by atoms with Gasteiger partial charge in [0.25, 0.3) is 0 Å². The van der Waals surface area contributed by atoms with E-state index >= 15 is 0 Å². The highest BCUT2D eigenvalue weighted by Gasteiger charge is 2.41. The topological polar surface area (TPSA) is 49.4 Å². The second-order valence-electron chi connectivity index (χ2n) is 7.51. The van der Waals surface area contributed by atoms with Crippen molar-refractivity contribution in [2.24, 2.45) is 5.92 Å². The lowest BCUT2D eigenvalue weighted by molar-refractivity contribution is -0.139. The van der Waals surface area contributed by atoms with Crippen LogP contribution in [0.5, 0.6) is 0 Å². The van der Waals surface area contributed by atoms with Gasteiger partial charge in [-0.05, 0) is 47.7 Å². The van der Waals surface area contributed by atoms with Crippen LogP contribution in [-0.4, -0.2) is 28.5 Å². The van der Waals surface area contributed by atoms with Crippen molar-refractivity contribution >= 4 is 23.6 Å². The van der Waals surface area contributed by atoms with E-state index in [1.54, 1.807) is 29.2 Å². The molecule has 1 heterocycles. The van der Waals surface area contributed by atoms with Crippen LogP contribution in [0.2, 0.25) is 0 Å². The van der Waals surface area contributed by atoms with Gasteiger partial charge in [-0.1, -0.05) is 38.1 Å². The maximum Gasteiger partial charge on any atom is 0.243 e. The molecular weight excluding hydrogens is 394 g/mol. The lowest BCUT2D eigenvalue weighted by atomic mass is 10.0. The maximum absolute atomic E-state index is 13.7. The molecule has 4 nitrogen and oxygen atoms in total. The molecule has 0 aliphatic carbocycles. The standard InChI is InChI=1S/C22H24F2N2O2S/c1-14(2)10-19(21(28)25-12-15-6-8-17(23)9-7-15)26-20(27)13-29-22(26)16-4-3-5-18(24)11-16/h3-9,11,14,19,22H,10,12-13H2,1-2H3,(H,25,28). The lowest BCUT2D eigenvalue weighted by Gasteiger charge is -2.33. The number of nitrogens with one attached hydrogen (secondary N) is 1. The quantitative estimate of drug-likeness (QED) is 0.731. The number of halogens is 2. The number of benzene rings is 2. The second-order valence-corrected chi connectivity index (χ2v) is 8.58. The van der Waals surface area contributed by atoms with Crippen LogP contribution < -0.4 is 5.32 Å². The van der Waals surface area contributed by atoms with Crippen molar-refractivity contribution in [1.29, 1.82) is 0 Å². The predicted molar refractivity (Wildman–Crippen MR) is 110 cm³/mol. The van der Waals surface area contributed by atoms with E-state index in [1.165, 1.54) is 36.0 Å². The molecule has 0 radical (unpaired) electrons. The van der Waals surface area contributed by atoms with Gasteiger partial charge in [0.1, 0.15) is 23.1 Å². The number of carbonyl (C=O) groups is 2. The largest absolute Gasteiger partial charge is 0.350 e. The fourth-order valence-corrected chi connectivity index (χ4v) is 4.61. The number of hydrogen-bond donors (Lipinski definition) is 1. The monoisotopic (exact) mass is 418 g/mol. The highest BCUT2D eigenvalue weighted by atomic mass is 32.2. The van der Waals surface area contributed by atoms with Gasteiger partial charge in [0.2, 0.25) is 11.8 Å². The van der Waals surface area contributed by atoms with Crippen LogP contribution in [0.3, 0.4) is 0 Å². The van der Waals surface area contributed by atoms with Crippen LogP contribution in [0.15, 0.2) is 48.5 Å². The Hall–Kier alpha value is -2.41. The summed E-state index contributed by atoms with van der Waals surface area (Å²) in [5, 5.41) is 2.46. The first-order valence-corrected chi connectivity index (χ1v) is 10.6. The Kier molecular flexibility index (Phi) is 6.90. The molecule has 0 aromatic heterocycles. The molecule has 154 valence electrons. The summed E-state index contributed by atoms with van der Waals surface area (Å²) >= 11 is 1.40. The van der Waals surface area contributed by atoms with Crippen LogP contribution in [0.1, 0.15) is 36.8 Å². The molecule has 0 bridgehead atoms. The van der Waals surface area contributed by atoms with Crippen molar-refractivity contribution in [1.82, 2.24) is 10.2 Å². The van der Waals surface area contributed by atoms with Gasteiger partial charge >= 0.3 is 0 Å². The molecule has 3 rings (SSSR count). The van der Waals surface area contributed by atoms with E-state index in [-0.39, 0.29) is 41.7 Å². The molecule has 1 aliphatic heterocycles. The van der Waals surface area contributed by atoms with Crippen LogP contribution in [0.4, 0.5) is 8.78 Å². The maximum atomic E-state index is 13.7. The van der Waals surface area contributed by atoms with E-state index < -0.39 is 11.4 Å². The Morgan fingerprint density at radius 2 is 1.90 bits per heavy atom. The molecular formula is C22H24F2N2O2S. The molecule has 29 heavy (non-hydrogen) atoms. The van der Waals surface area contributed by atoms with Gasteiger partial charge in [-0.15, -0.1) is 11.8 Å². The third kappa shape index (κ3) is 5.35. The van der Waals surface area contributed by atoms with Gasteiger partial charge < -0.3 is 10.2 Å². The summed E-state index contributed by atoms with van der Waals surface area (Å²) in [4.78, 5) is 27.3. The number of rotatable bonds is 7. The summed E-state index contributed by atoms with van der Waals surface area (Å²) in [6.45, 7) is 4.23. The van der Waals surface area contributed by atoms with E-state index in [1.807, 2.05) is 13.8 Å². The summed E-state index contributed by atoms with van der Waals surface area (Å²) in [5.74, 6) is -0.671. The number of thioether (sulfide) groups is 1. The normalized spacial score (nSPS) is 17.6. The molecule has 2 atom stereocenters. The highest BCUT2D eigenvalue weighted by Crippen LogP contribution is 2.41. The van der Waals surface area contributed by atoms with Crippen molar-refractivity contribution < 1.29 is 18.4 Å². The second kappa shape index (κ2) is 9.39. The molecule has 1 fully saturated rings. The van der Waals surface area contributed by atoms with Crippen LogP contribution in [0, 0.1) is 17.6 Å². The third-order valence-corrected chi connectivity index (χ3v) is 5.98. The van der Waals surface area contributed by atoms with E-state index in [9.17, 15) is 18.4 Å². The zero-order valence-electron chi connectivity index (χ0n) is 16.4. The van der Waals surface area contributed by atoms with Gasteiger partial charge in [0.15, 0.2) is 0 Å². The fourth-order valence-electron chi connectivity index (χ4n) is 3.39. The predicted octanol–water partition coefficient (Wildman–Crippen LogP) is 4.27. The Morgan fingerprint density at radius 3 is 2.55 bits per heavy atom. The van der Waals surface area contributed by atoms with Crippen molar-refractivity contribution in [3.05, 3.63) is 71.3 Å². The van der Waals surface area contributed by atoms with Gasteiger partial charge in [0.05, 0.1) is 5.75 Å². The third-order valence-electron chi connectivity index (χ3n) is 4.75. The van der Waals surface area contributed by atoms with Crippen molar-refractivity contribution in [2.45, 2.75) is 38.2 Å². The molecule has 0 spiro atoms. The summed E-state index contributed by atoms with van der Waals surface area (Å²) < 4.78 is 26.8. The average molecular weight is 419 g/mol. The molecule has 2 aromatic rings. The van der Waals surface area contributed by atoms with Crippen LogP contribution in [-0.2, 0) is 16.1 Å². The number of carbonyl (C=O) groups excluding carboxylic acids is 2. The minimum atomic E-state index is -0.661. The average Bonchev–Trinajstić information content (AvgIpc) is 3.06. The molecule has 2 aromatic carbocycles. The number of nitrogens with zero attached hydrogens (tertiary/aromatic N) is 1. The Balaban J connectivity index is 1.80. The van der Waals surface area contributed by atoms with Crippen LogP contribution in [0.25, 0.3) is 0 Å². The zero-order valence-corrected chi connectivity index (χ0v) is 17.2. The lowest BCUT2D eigenvalue weighted by Crippen LogP contribution is -2.49. The Labute approximate surface area is 173 Å². The van der Waals surface area contributed by atoms with E-state index in [0.717, 1.165) is 5.56 Å².